The maximum Gasteiger partial charge on any atom is 0.328 e. The summed E-state index contributed by atoms with van der Waals surface area (Å²) in [7, 11) is -0.694. The molecule has 18 heavy (non-hydrogen) atoms. The second-order valence-electron chi connectivity index (χ2n) is 3.57. The molecular formula is C8H17N3O6S. The zero-order valence-corrected chi connectivity index (χ0v) is 10.9. The highest BCUT2D eigenvalue weighted by atomic mass is 32.2. The number of nitrogens with zero attached hydrogens (tertiary/aromatic N) is 1. The van der Waals surface area contributed by atoms with Crippen LogP contribution in [0.15, 0.2) is 0 Å². The largest absolute Gasteiger partial charge is 0.480 e. The number of sulfonamides is 1. The topological polar surface area (TPSA) is 136 Å². The monoisotopic (exact) mass is 283 g/mol. The van der Waals surface area contributed by atoms with Crippen LogP contribution in [0.3, 0.4) is 0 Å². The summed E-state index contributed by atoms with van der Waals surface area (Å²) in [6.07, 6.45) is 0. The van der Waals surface area contributed by atoms with Gasteiger partial charge in [-0.1, -0.05) is 0 Å². The minimum Gasteiger partial charge on any atom is -0.480 e. The van der Waals surface area contributed by atoms with Crippen LogP contribution < -0.4 is 10.6 Å². The minimum absolute atomic E-state index is 0.163. The van der Waals surface area contributed by atoms with Gasteiger partial charge < -0.3 is 20.8 Å². The molecule has 0 fully saturated rings. The van der Waals surface area contributed by atoms with Gasteiger partial charge in [0, 0.05) is 20.6 Å². The fourth-order valence-electron chi connectivity index (χ4n) is 0.871. The summed E-state index contributed by atoms with van der Waals surface area (Å²) in [5.41, 5.74) is 0. The van der Waals surface area contributed by atoms with E-state index in [9.17, 15) is 18.0 Å². The van der Waals surface area contributed by atoms with Crippen LogP contribution in [0.2, 0.25) is 0 Å². The first-order chi connectivity index (χ1) is 8.20. The van der Waals surface area contributed by atoms with E-state index >= 15 is 0 Å². The first kappa shape index (κ1) is 16.6. The number of hydrogen-bond acceptors (Lipinski definition) is 5. The van der Waals surface area contributed by atoms with Gasteiger partial charge in [0.2, 0.25) is 10.0 Å². The van der Waals surface area contributed by atoms with E-state index in [0.717, 1.165) is 4.31 Å². The molecule has 1 atom stereocenters. The van der Waals surface area contributed by atoms with Crippen molar-refractivity contribution in [2.24, 2.45) is 0 Å². The smallest absolute Gasteiger partial charge is 0.328 e. The lowest BCUT2D eigenvalue weighted by Crippen LogP contribution is -2.48. The van der Waals surface area contributed by atoms with Crippen LogP contribution in [-0.2, 0) is 14.8 Å². The third kappa shape index (κ3) is 5.80. The Kier molecular flexibility index (Phi) is 6.58. The molecule has 106 valence electrons. The molecule has 0 aromatic carbocycles. The first-order valence-corrected chi connectivity index (χ1v) is 6.60. The van der Waals surface area contributed by atoms with Crippen molar-refractivity contribution in [3.8, 4) is 0 Å². The Morgan fingerprint density at radius 3 is 2.28 bits per heavy atom. The van der Waals surface area contributed by atoms with Crippen molar-refractivity contribution in [1.82, 2.24) is 14.9 Å². The molecule has 0 spiro atoms. The number of aliphatic carboxylic acids is 1. The summed E-state index contributed by atoms with van der Waals surface area (Å²) in [6.45, 7) is -0.914. The second-order valence-corrected chi connectivity index (χ2v) is 5.87. The molecular weight excluding hydrogens is 266 g/mol. The number of hydrogen-bond donors (Lipinski definition) is 4. The number of urea groups is 1. The van der Waals surface area contributed by atoms with E-state index < -0.39 is 34.7 Å². The molecule has 4 N–H and O–H groups in total. The quantitative estimate of drug-likeness (QED) is 0.412. The van der Waals surface area contributed by atoms with Crippen LogP contribution in [0.25, 0.3) is 0 Å². The van der Waals surface area contributed by atoms with Gasteiger partial charge in [0.15, 0.2) is 6.04 Å². The van der Waals surface area contributed by atoms with Gasteiger partial charge in [-0.2, -0.15) is 0 Å². The number of carbonyl (C=O) groups excluding carboxylic acids is 1. The molecule has 0 saturated heterocycles. The van der Waals surface area contributed by atoms with Crippen molar-refractivity contribution in [1.29, 1.82) is 0 Å². The maximum atomic E-state index is 11.3. The number of aliphatic hydroxyl groups excluding tert-OH is 1. The summed E-state index contributed by atoms with van der Waals surface area (Å²) >= 11 is 0. The number of aliphatic hydroxyl groups is 1. The van der Waals surface area contributed by atoms with Crippen molar-refractivity contribution in [3.63, 3.8) is 0 Å². The molecule has 0 aliphatic rings. The molecule has 2 amide bonds. The Hall–Kier alpha value is -1.39. The Balaban J connectivity index is 4.10. The number of carboxylic acids is 1. The van der Waals surface area contributed by atoms with E-state index in [0.29, 0.717) is 0 Å². The van der Waals surface area contributed by atoms with E-state index in [1.807, 2.05) is 5.32 Å². The number of rotatable bonds is 7. The number of carboxylic acid groups (broad SMARTS) is 1. The molecule has 0 aromatic rings. The number of carbonyl (C=O) groups is 2. The maximum absolute atomic E-state index is 11.3. The minimum atomic E-state index is -3.42. The van der Waals surface area contributed by atoms with Crippen molar-refractivity contribution >= 4 is 22.0 Å². The van der Waals surface area contributed by atoms with E-state index in [2.05, 4.69) is 5.32 Å². The Bertz CT molecular complexity index is 394. The van der Waals surface area contributed by atoms with Gasteiger partial charge in [0.1, 0.15) is 0 Å². The summed E-state index contributed by atoms with van der Waals surface area (Å²) in [6, 6.07) is -2.28. The molecule has 0 heterocycles. The van der Waals surface area contributed by atoms with E-state index in [-0.39, 0.29) is 12.3 Å². The summed E-state index contributed by atoms with van der Waals surface area (Å²) < 4.78 is 23.7. The normalized spacial score (nSPS) is 13.1. The van der Waals surface area contributed by atoms with Crippen molar-refractivity contribution in [2.75, 3.05) is 33.0 Å². The van der Waals surface area contributed by atoms with E-state index in [1.54, 1.807) is 0 Å². The summed E-state index contributed by atoms with van der Waals surface area (Å²) in [4.78, 5) is 21.7. The summed E-state index contributed by atoms with van der Waals surface area (Å²) in [5, 5.41) is 21.3. The lowest BCUT2D eigenvalue weighted by molar-refractivity contribution is -0.140. The van der Waals surface area contributed by atoms with E-state index in [4.69, 9.17) is 10.2 Å². The van der Waals surface area contributed by atoms with Gasteiger partial charge in [0.25, 0.3) is 0 Å². The Labute approximate surface area is 105 Å². The highest BCUT2D eigenvalue weighted by Crippen LogP contribution is 1.92. The van der Waals surface area contributed by atoms with Crippen LogP contribution >= 0.6 is 0 Å². The fraction of sp³-hybridized carbons (Fsp3) is 0.750. The van der Waals surface area contributed by atoms with Crippen LogP contribution in [0, 0.1) is 0 Å². The van der Waals surface area contributed by atoms with Crippen molar-refractivity contribution in [3.05, 3.63) is 0 Å². The van der Waals surface area contributed by atoms with Gasteiger partial charge in [0.05, 0.1) is 12.4 Å². The zero-order valence-electron chi connectivity index (χ0n) is 10.1. The lowest BCUT2D eigenvalue weighted by atomic mass is 10.3. The van der Waals surface area contributed by atoms with Gasteiger partial charge >= 0.3 is 12.0 Å². The molecule has 0 saturated carbocycles. The van der Waals surface area contributed by atoms with Crippen LogP contribution in [0.4, 0.5) is 4.79 Å². The lowest BCUT2D eigenvalue weighted by Gasteiger charge is -2.14. The highest BCUT2D eigenvalue weighted by Gasteiger charge is 2.19. The summed E-state index contributed by atoms with van der Waals surface area (Å²) in [5.74, 6) is -1.68. The number of nitrogens with one attached hydrogen (secondary N) is 2. The number of amides is 2. The van der Waals surface area contributed by atoms with Gasteiger partial charge in [-0.3, -0.25) is 0 Å². The van der Waals surface area contributed by atoms with Crippen LogP contribution in [-0.4, -0.2) is 74.0 Å². The molecule has 0 unspecified atom stereocenters. The van der Waals surface area contributed by atoms with Crippen molar-refractivity contribution in [2.45, 2.75) is 6.04 Å². The molecule has 0 aliphatic carbocycles. The third-order valence-electron chi connectivity index (χ3n) is 1.99. The van der Waals surface area contributed by atoms with Gasteiger partial charge in [-0.25, -0.2) is 22.3 Å². The highest BCUT2D eigenvalue weighted by molar-refractivity contribution is 7.89. The average Bonchev–Trinajstić information content (AvgIpc) is 2.24. The van der Waals surface area contributed by atoms with Gasteiger partial charge in [-0.05, 0) is 0 Å². The molecule has 0 aliphatic heterocycles. The fourth-order valence-corrected chi connectivity index (χ4v) is 1.60. The SMILES string of the molecule is CN(C)S(=O)(=O)CCNC(=O)N[C@H](CO)C(=O)O. The Morgan fingerprint density at radius 1 is 1.33 bits per heavy atom. The second kappa shape index (κ2) is 7.13. The van der Waals surface area contributed by atoms with Crippen LogP contribution in [0.1, 0.15) is 0 Å². The standard InChI is InChI=1S/C8H17N3O6S/c1-11(2)18(16,17)4-3-9-8(15)10-6(5-12)7(13)14/h6,12H,3-5H2,1-2H3,(H,13,14)(H2,9,10,15)/t6-/m1/s1. The van der Waals surface area contributed by atoms with Crippen LogP contribution in [0.5, 0.6) is 0 Å². The molecule has 0 bridgehead atoms. The Morgan fingerprint density at radius 2 is 1.89 bits per heavy atom. The predicted octanol–water partition coefficient (Wildman–Crippen LogP) is -2.38. The molecule has 0 radical (unpaired) electrons. The molecule has 9 nitrogen and oxygen atoms in total. The van der Waals surface area contributed by atoms with E-state index in [1.165, 1.54) is 14.1 Å². The molecule has 10 heteroatoms. The van der Waals surface area contributed by atoms with Crippen molar-refractivity contribution < 1.29 is 28.2 Å². The zero-order chi connectivity index (χ0) is 14.3. The first-order valence-electron chi connectivity index (χ1n) is 4.99. The van der Waals surface area contributed by atoms with Gasteiger partial charge in [-0.15, -0.1) is 0 Å². The molecule has 0 aromatic heterocycles. The predicted molar refractivity (Wildman–Crippen MR) is 62.5 cm³/mol. The molecule has 0 rings (SSSR count). The average molecular weight is 283 g/mol. The third-order valence-corrected chi connectivity index (χ3v) is 3.82.